The lowest BCUT2D eigenvalue weighted by Crippen LogP contribution is -2.58. The van der Waals surface area contributed by atoms with Crippen LogP contribution in [0.1, 0.15) is 198 Å². The van der Waals surface area contributed by atoms with Crippen molar-refractivity contribution in [3.63, 3.8) is 0 Å². The second kappa shape index (κ2) is 66.9. The highest BCUT2D eigenvalue weighted by Crippen LogP contribution is 2.43. The van der Waals surface area contributed by atoms with Crippen LogP contribution in [0, 0.1) is 66.6 Å². The minimum absolute atomic E-state index is 0.00498. The number of benzene rings is 1. The minimum atomic E-state index is -1.77. The van der Waals surface area contributed by atoms with Gasteiger partial charge in [-0.25, -0.2) is 19.7 Å². The molecular formula is C85H144N5O27P3. The van der Waals surface area contributed by atoms with Crippen molar-refractivity contribution < 1.29 is 126 Å². The maximum atomic E-state index is 12.2. The van der Waals surface area contributed by atoms with Crippen molar-refractivity contribution >= 4 is 55.5 Å². The molecule has 32 nitrogen and oxygen atoms in total. The van der Waals surface area contributed by atoms with Crippen molar-refractivity contribution in [1.82, 2.24) is 10.6 Å². The van der Waals surface area contributed by atoms with E-state index in [4.69, 9.17) is 122 Å². The molecule has 0 aliphatic carbocycles. The Bertz CT molecular complexity index is 2880. The summed E-state index contributed by atoms with van der Waals surface area (Å²) in [5, 5.41) is 5.99. The van der Waals surface area contributed by atoms with Gasteiger partial charge in [-0.1, -0.05) is 130 Å². The molecule has 0 radical (unpaired) electrons. The van der Waals surface area contributed by atoms with E-state index in [9.17, 15) is 24.0 Å². The lowest BCUT2D eigenvalue weighted by molar-refractivity contribution is -0.255. The average Bonchev–Trinajstić information content (AvgIpc) is 0.816. The monoisotopic (exact) mass is 1760 g/mol. The molecule has 3 fully saturated rings. The van der Waals surface area contributed by atoms with Gasteiger partial charge in [-0.15, -0.1) is 0 Å². The number of rotatable bonds is 71. The first-order valence-corrected chi connectivity index (χ1v) is 46.5. The summed E-state index contributed by atoms with van der Waals surface area (Å²) in [7, 11) is -5.25. The van der Waals surface area contributed by atoms with Crippen molar-refractivity contribution in [3.8, 4) is 0 Å². The Morgan fingerprint density at radius 3 is 0.975 bits per heavy atom. The number of carbonyl (C=O) groups excluding carboxylic acids is 5. The summed E-state index contributed by atoms with van der Waals surface area (Å²) in [5.74, 6) is -0.623. The third kappa shape index (κ3) is 47.8. The number of carbonyl (C=O) groups is 5. The molecule has 0 bridgehead atoms. The van der Waals surface area contributed by atoms with Gasteiger partial charge in [0.05, 0.1) is 108 Å². The van der Waals surface area contributed by atoms with Crippen LogP contribution in [-0.2, 0) is 133 Å². The zero-order valence-electron chi connectivity index (χ0n) is 73.7. The third-order valence-electron chi connectivity index (χ3n) is 21.1. The molecule has 0 saturated carbocycles. The molecular weight excluding hydrogens is 1620 g/mol. The van der Waals surface area contributed by atoms with E-state index in [1.165, 1.54) is 34.6 Å². The molecule has 35 heteroatoms. The first kappa shape index (κ1) is 108. The van der Waals surface area contributed by atoms with Crippen molar-refractivity contribution in [2.24, 2.45) is 46.8 Å². The van der Waals surface area contributed by atoms with Crippen LogP contribution in [-0.4, -0.2) is 244 Å². The maximum Gasteiger partial charge on any atom is 0.332 e. The molecule has 3 heterocycles. The highest BCUT2D eigenvalue weighted by Gasteiger charge is 2.45. The Hall–Kier alpha value is -4.43. The number of ether oxygens (including phenoxy) is 13. The largest absolute Gasteiger partial charge is 0.463 e. The van der Waals surface area contributed by atoms with E-state index in [1.54, 1.807) is 0 Å². The van der Waals surface area contributed by atoms with Crippen LogP contribution >= 0.6 is 25.8 Å². The number of nitrogens with zero attached hydrogens (tertiary/aromatic N) is 3. The molecule has 1 aromatic rings. The molecule has 3 aliphatic heterocycles. The summed E-state index contributed by atoms with van der Waals surface area (Å²) in [6.07, 6.45) is 10.8. The first-order valence-electron chi connectivity index (χ1n) is 43.2. The van der Waals surface area contributed by atoms with Crippen molar-refractivity contribution in [2.75, 3.05) is 165 Å². The summed E-state index contributed by atoms with van der Waals surface area (Å²) in [6, 6.07) is 9.15. The van der Waals surface area contributed by atoms with Crippen LogP contribution in [0.4, 0.5) is 0 Å². The van der Waals surface area contributed by atoms with Gasteiger partial charge in [0, 0.05) is 80.2 Å². The number of unbranched alkanes of at least 4 members (excludes halogenated alkanes) is 11. The SMILES string of the molecule is [C-]#[N+]CCOP(OCCCCCCCCO[C@@H]1OC(COC(C)=O)[C@H](C)[C@H](C)C1C)OCCCOCC(COCCCOP(OCCCCCCO[C@@H]1OC(COC(C)=O)[C@H](C)[C@H](C)C1NC(C)=O)OCC[N+]#[C-])(COCCCOP(OCCCCCCO[C@@H]1OC(COC(C)=O)[C@H](C)[C@H](C)C1NC(C)=O)OCC[N+]#[C-])COCc1ccccc1. The van der Waals surface area contributed by atoms with Gasteiger partial charge >= 0.3 is 43.7 Å². The third-order valence-corrected chi connectivity index (χ3v) is 24.7. The maximum absolute atomic E-state index is 12.2. The topological polar surface area (TPSA) is 326 Å². The smallest absolute Gasteiger partial charge is 0.332 e. The Morgan fingerprint density at radius 1 is 0.350 bits per heavy atom. The van der Waals surface area contributed by atoms with Gasteiger partial charge < -0.3 is 127 Å². The van der Waals surface area contributed by atoms with Crippen LogP contribution in [0.5, 0.6) is 0 Å². The van der Waals surface area contributed by atoms with Crippen LogP contribution in [0.3, 0.4) is 0 Å². The van der Waals surface area contributed by atoms with Crippen molar-refractivity contribution in [3.05, 3.63) is 70.1 Å². The summed E-state index contributed by atoms with van der Waals surface area (Å²) < 4.78 is 134. The molecule has 3 aliphatic rings. The zero-order chi connectivity index (χ0) is 87.4. The molecule has 2 N–H and O–H groups in total. The molecule has 1 aromatic carbocycles. The van der Waals surface area contributed by atoms with E-state index in [0.717, 1.165) is 95.5 Å². The molecule has 2 amide bonds. The standard InChI is InChI=1S/C85H144N5O27P3/c1-64-65(2)77(57-103-73(10)93)115-82(70(64)7)100-44-27-18-16-17-19-30-47-106-118(112-53-38-86-13)109-50-33-41-96-60-85(63-99-56-76-36-25-24-26-37-76,61-97-42-34-51-110-119(113-54-39-87-14)107-48-31-22-20-28-45-101-83-80(89-71(8)91)68(5)66(3)78(116-83)58-104-74(11)94)62-98-43-35-52-111-120(114-55-40-88-15)108-49-32-23-21-29-46-102-84-81(90-72(9)92)69(6)67(4)79(117-84)59-105-75(12)95/h24-26,36-37,64-70,77-84H,16-23,27-35,38-63H2,1-12H3,(H,89,91)(H,90,92)/t64-,65+,66+,67+,68-,69-,70?,77?,78?,79?,80?,81?,82+,83+,84+,85?,118?,119?,120?/m0/s1. The number of amides is 2. The van der Waals surface area contributed by atoms with E-state index in [0.29, 0.717) is 91.2 Å². The molecule has 0 aromatic heterocycles. The van der Waals surface area contributed by atoms with E-state index >= 15 is 0 Å². The molecule has 3 saturated heterocycles. The fraction of sp³-hybridized carbons (Fsp3) is 0.835. The Morgan fingerprint density at radius 2 is 0.642 bits per heavy atom. The molecule has 0 spiro atoms. The lowest BCUT2D eigenvalue weighted by atomic mass is 9.79. The molecule has 686 valence electrons. The van der Waals surface area contributed by atoms with Crippen LogP contribution in [0.2, 0.25) is 0 Å². The van der Waals surface area contributed by atoms with E-state index in [2.05, 4.69) is 45.9 Å². The van der Waals surface area contributed by atoms with E-state index in [1.807, 2.05) is 58.0 Å². The van der Waals surface area contributed by atoms with Gasteiger partial charge in [-0.3, -0.25) is 24.0 Å². The fourth-order valence-electron chi connectivity index (χ4n) is 13.4. The van der Waals surface area contributed by atoms with Crippen LogP contribution < -0.4 is 10.6 Å². The second-order valence-electron chi connectivity index (χ2n) is 31.1. The van der Waals surface area contributed by atoms with Gasteiger partial charge in [0.25, 0.3) is 0 Å². The highest BCUT2D eigenvalue weighted by molar-refractivity contribution is 7.42. The predicted octanol–water partition coefficient (Wildman–Crippen LogP) is 14.8. The van der Waals surface area contributed by atoms with Crippen LogP contribution in [0.15, 0.2) is 30.3 Å². The number of nitrogens with one attached hydrogen (secondary N) is 2. The van der Waals surface area contributed by atoms with Gasteiger partial charge in [-0.05, 0) is 98.9 Å². The quantitative estimate of drug-likeness (QED) is 0.0201. The number of esters is 3. The number of hydrogen-bond donors (Lipinski definition) is 2. The molecule has 9 unspecified atom stereocenters. The summed E-state index contributed by atoms with van der Waals surface area (Å²) in [4.78, 5) is 69.4. The van der Waals surface area contributed by atoms with Gasteiger partial charge in [0.1, 0.15) is 39.6 Å². The highest BCUT2D eigenvalue weighted by atomic mass is 31.2. The van der Waals surface area contributed by atoms with Crippen molar-refractivity contribution in [1.29, 1.82) is 0 Å². The molecule has 18 atom stereocenters. The van der Waals surface area contributed by atoms with Crippen molar-refractivity contribution in [2.45, 2.75) is 248 Å². The normalized spacial score (nSPS) is 24.2. The number of hydrogen-bond acceptors (Lipinski definition) is 27. The Kier molecular flexibility index (Phi) is 60.2. The predicted molar refractivity (Wildman–Crippen MR) is 451 cm³/mol. The zero-order valence-corrected chi connectivity index (χ0v) is 76.3. The molecule has 4 rings (SSSR count). The summed E-state index contributed by atoms with van der Waals surface area (Å²) >= 11 is 0. The lowest BCUT2D eigenvalue weighted by Gasteiger charge is -2.44. The van der Waals surface area contributed by atoms with E-state index < -0.39 is 55.7 Å². The van der Waals surface area contributed by atoms with Crippen LogP contribution in [0.25, 0.3) is 14.5 Å². The van der Waals surface area contributed by atoms with E-state index in [-0.39, 0.29) is 196 Å². The minimum Gasteiger partial charge on any atom is -0.463 e. The first-order chi connectivity index (χ1) is 58.0. The Balaban J connectivity index is 1.33. The average molecular weight is 1760 g/mol. The van der Waals surface area contributed by atoms with Gasteiger partial charge in [-0.2, -0.15) is 0 Å². The van der Waals surface area contributed by atoms with Gasteiger partial charge in [0.2, 0.25) is 31.4 Å². The fourth-order valence-corrected chi connectivity index (χ4v) is 16.5. The summed E-state index contributed by atoms with van der Waals surface area (Å²) in [5.41, 5.74) is 0.179. The Labute approximate surface area is 719 Å². The second-order valence-corrected chi connectivity index (χ2v) is 34.7. The summed E-state index contributed by atoms with van der Waals surface area (Å²) in [6.45, 7) is 50.4. The molecule has 120 heavy (non-hydrogen) atoms. The van der Waals surface area contributed by atoms with Gasteiger partial charge in [0.15, 0.2) is 18.9 Å².